The van der Waals surface area contributed by atoms with Crippen molar-refractivity contribution in [3.8, 4) is 0 Å². The lowest BCUT2D eigenvalue weighted by Gasteiger charge is -2.25. The maximum atomic E-state index is 10.7. The van der Waals surface area contributed by atoms with Crippen LogP contribution in [-0.4, -0.2) is 27.2 Å². The molecule has 0 unspecified atom stereocenters. The second-order valence-electron chi connectivity index (χ2n) is 4.11. The van der Waals surface area contributed by atoms with Gasteiger partial charge in [-0.1, -0.05) is 0 Å². The van der Waals surface area contributed by atoms with Crippen LogP contribution in [0.15, 0.2) is 18.3 Å². The lowest BCUT2D eigenvalue weighted by molar-refractivity contribution is -0.384. The number of anilines is 1. The molecule has 0 bridgehead atoms. The monoisotopic (exact) mass is 225 g/mol. The quantitative estimate of drug-likeness (QED) is 0.586. The number of hydrogen-bond donors (Lipinski definition) is 2. The fraction of sp³-hybridized carbons (Fsp3) is 0.500. The van der Waals surface area contributed by atoms with Crippen molar-refractivity contribution in [3.05, 3.63) is 28.4 Å². The van der Waals surface area contributed by atoms with E-state index < -0.39 is 10.5 Å². The van der Waals surface area contributed by atoms with E-state index in [1.165, 1.54) is 18.3 Å². The summed E-state index contributed by atoms with van der Waals surface area (Å²) < 4.78 is 0. The van der Waals surface area contributed by atoms with E-state index in [1.807, 2.05) is 13.8 Å². The van der Waals surface area contributed by atoms with E-state index in [9.17, 15) is 10.1 Å². The zero-order valence-corrected chi connectivity index (χ0v) is 9.30. The van der Waals surface area contributed by atoms with Gasteiger partial charge in [-0.2, -0.15) is 0 Å². The molecule has 6 nitrogen and oxygen atoms in total. The highest BCUT2D eigenvalue weighted by molar-refractivity contribution is 5.56. The second-order valence-corrected chi connectivity index (χ2v) is 4.11. The van der Waals surface area contributed by atoms with Crippen LogP contribution in [0.4, 0.5) is 11.5 Å². The highest BCUT2D eigenvalue weighted by Crippen LogP contribution is 2.24. The summed E-state index contributed by atoms with van der Waals surface area (Å²) in [5.41, 5.74) is -0.498. The molecule has 16 heavy (non-hydrogen) atoms. The first-order valence-electron chi connectivity index (χ1n) is 4.95. The number of aliphatic hydroxyl groups excluding tert-OH is 1. The normalized spacial score (nSPS) is 11.2. The SMILES string of the molecule is CC(C)(CCO)Nc1ncccc1[N+](=O)[O-]. The van der Waals surface area contributed by atoms with E-state index in [0.717, 1.165) is 0 Å². The molecule has 0 aromatic carbocycles. The highest BCUT2D eigenvalue weighted by Gasteiger charge is 2.22. The summed E-state index contributed by atoms with van der Waals surface area (Å²) in [5.74, 6) is 0.228. The van der Waals surface area contributed by atoms with Gasteiger partial charge in [0.25, 0.3) is 0 Å². The van der Waals surface area contributed by atoms with Crippen molar-refractivity contribution in [2.45, 2.75) is 25.8 Å². The third-order valence-corrected chi connectivity index (χ3v) is 2.18. The minimum absolute atomic E-state index is 0.0145. The molecule has 6 heteroatoms. The zero-order valence-electron chi connectivity index (χ0n) is 9.30. The molecule has 0 aliphatic heterocycles. The Morgan fingerprint density at radius 3 is 2.88 bits per heavy atom. The third-order valence-electron chi connectivity index (χ3n) is 2.18. The Hall–Kier alpha value is -1.69. The van der Waals surface area contributed by atoms with Crippen molar-refractivity contribution >= 4 is 11.5 Å². The van der Waals surface area contributed by atoms with Crippen LogP contribution in [-0.2, 0) is 0 Å². The van der Waals surface area contributed by atoms with Crippen molar-refractivity contribution in [1.29, 1.82) is 0 Å². The number of pyridine rings is 1. The summed E-state index contributed by atoms with van der Waals surface area (Å²) >= 11 is 0. The van der Waals surface area contributed by atoms with Crippen LogP contribution < -0.4 is 5.32 Å². The number of nitrogens with zero attached hydrogens (tertiary/aromatic N) is 2. The summed E-state index contributed by atoms with van der Waals surface area (Å²) in [6, 6.07) is 2.91. The predicted molar refractivity (Wildman–Crippen MR) is 60.3 cm³/mol. The molecule has 88 valence electrons. The molecule has 2 N–H and O–H groups in total. The van der Waals surface area contributed by atoms with E-state index in [4.69, 9.17) is 5.11 Å². The number of nitrogens with one attached hydrogen (secondary N) is 1. The maximum absolute atomic E-state index is 10.7. The standard InChI is InChI=1S/C10H15N3O3/c1-10(2,5-7-14)12-9-8(13(15)16)4-3-6-11-9/h3-4,6,14H,5,7H2,1-2H3,(H,11,12). The van der Waals surface area contributed by atoms with Gasteiger partial charge in [-0.3, -0.25) is 10.1 Å². The second kappa shape index (κ2) is 4.89. The van der Waals surface area contributed by atoms with Crippen molar-refractivity contribution in [3.63, 3.8) is 0 Å². The number of aliphatic hydroxyl groups is 1. The van der Waals surface area contributed by atoms with Crippen molar-refractivity contribution in [2.75, 3.05) is 11.9 Å². The molecule has 0 amide bonds. The molecule has 1 aromatic rings. The van der Waals surface area contributed by atoms with Crippen LogP contribution in [0.25, 0.3) is 0 Å². The molecule has 0 aliphatic carbocycles. The third kappa shape index (κ3) is 3.16. The van der Waals surface area contributed by atoms with Crippen LogP contribution in [0.5, 0.6) is 0 Å². The lowest BCUT2D eigenvalue weighted by atomic mass is 10.0. The van der Waals surface area contributed by atoms with Gasteiger partial charge < -0.3 is 10.4 Å². The van der Waals surface area contributed by atoms with Crippen LogP contribution in [0.3, 0.4) is 0 Å². The molecular formula is C10H15N3O3. The van der Waals surface area contributed by atoms with Crippen LogP contribution in [0.1, 0.15) is 20.3 Å². The first kappa shape index (κ1) is 12.4. The molecule has 0 saturated heterocycles. The van der Waals surface area contributed by atoms with Gasteiger partial charge in [-0.05, 0) is 26.3 Å². The van der Waals surface area contributed by atoms with E-state index >= 15 is 0 Å². The van der Waals surface area contributed by atoms with Gasteiger partial charge >= 0.3 is 5.69 Å². The maximum Gasteiger partial charge on any atom is 0.311 e. The average molecular weight is 225 g/mol. The number of hydrogen-bond acceptors (Lipinski definition) is 5. The lowest BCUT2D eigenvalue weighted by Crippen LogP contribution is -2.32. The van der Waals surface area contributed by atoms with E-state index in [2.05, 4.69) is 10.3 Å². The number of aromatic nitrogens is 1. The number of nitro groups is 1. The summed E-state index contributed by atoms with van der Waals surface area (Å²) in [7, 11) is 0. The van der Waals surface area contributed by atoms with Crippen molar-refractivity contribution in [1.82, 2.24) is 4.98 Å². The predicted octanol–water partition coefficient (Wildman–Crippen LogP) is 1.56. The minimum atomic E-state index is -0.482. The summed E-state index contributed by atoms with van der Waals surface area (Å²) in [6.07, 6.45) is 1.98. The highest BCUT2D eigenvalue weighted by atomic mass is 16.6. The Bertz CT molecular complexity index is 379. The molecule has 1 heterocycles. The Morgan fingerprint density at radius 2 is 2.31 bits per heavy atom. The molecule has 1 aromatic heterocycles. The van der Waals surface area contributed by atoms with Crippen molar-refractivity contribution in [2.24, 2.45) is 0 Å². The summed E-state index contributed by atoms with van der Waals surface area (Å²) in [5, 5.41) is 22.6. The van der Waals surface area contributed by atoms with Gasteiger partial charge in [-0.15, -0.1) is 0 Å². The number of rotatable bonds is 5. The Morgan fingerprint density at radius 1 is 1.62 bits per heavy atom. The van der Waals surface area contributed by atoms with Gasteiger partial charge in [0.2, 0.25) is 5.82 Å². The summed E-state index contributed by atoms with van der Waals surface area (Å²) in [6.45, 7) is 3.71. The molecule has 0 saturated carbocycles. The average Bonchev–Trinajstić information content (AvgIpc) is 2.17. The fourth-order valence-corrected chi connectivity index (χ4v) is 1.30. The van der Waals surface area contributed by atoms with Crippen LogP contribution in [0, 0.1) is 10.1 Å². The largest absolute Gasteiger partial charge is 0.396 e. The van der Waals surface area contributed by atoms with E-state index in [1.54, 1.807) is 0 Å². The topological polar surface area (TPSA) is 88.3 Å². The molecule has 0 fully saturated rings. The Kier molecular flexibility index (Phi) is 3.78. The van der Waals surface area contributed by atoms with E-state index in [0.29, 0.717) is 6.42 Å². The molecular weight excluding hydrogens is 210 g/mol. The Labute approximate surface area is 93.5 Å². The Balaban J connectivity index is 2.92. The van der Waals surface area contributed by atoms with Crippen LogP contribution in [0.2, 0.25) is 0 Å². The zero-order chi connectivity index (χ0) is 12.2. The first-order valence-corrected chi connectivity index (χ1v) is 4.95. The van der Waals surface area contributed by atoms with Gasteiger partial charge in [0.15, 0.2) is 0 Å². The molecule has 0 radical (unpaired) electrons. The molecule has 0 spiro atoms. The summed E-state index contributed by atoms with van der Waals surface area (Å²) in [4.78, 5) is 14.2. The van der Waals surface area contributed by atoms with Crippen LogP contribution >= 0.6 is 0 Å². The van der Waals surface area contributed by atoms with Gasteiger partial charge in [-0.25, -0.2) is 4.98 Å². The van der Waals surface area contributed by atoms with Crippen molar-refractivity contribution < 1.29 is 10.0 Å². The van der Waals surface area contributed by atoms with Gasteiger partial charge in [0.05, 0.1) is 4.92 Å². The van der Waals surface area contributed by atoms with E-state index in [-0.39, 0.29) is 18.1 Å². The molecule has 0 aliphatic rings. The fourth-order valence-electron chi connectivity index (χ4n) is 1.30. The first-order chi connectivity index (χ1) is 7.46. The van der Waals surface area contributed by atoms with Gasteiger partial charge in [0.1, 0.15) is 0 Å². The smallest absolute Gasteiger partial charge is 0.311 e. The molecule has 1 rings (SSSR count). The minimum Gasteiger partial charge on any atom is -0.396 e. The molecule has 0 atom stereocenters. The van der Waals surface area contributed by atoms with Gasteiger partial charge in [0, 0.05) is 24.4 Å².